The van der Waals surface area contributed by atoms with Crippen LogP contribution in [-0.2, 0) is 0 Å². The highest BCUT2D eigenvalue weighted by atomic mass is 79.9. The number of rotatable bonds is 7. The van der Waals surface area contributed by atoms with E-state index in [1.807, 2.05) is 6.92 Å². The van der Waals surface area contributed by atoms with Crippen molar-refractivity contribution in [3.8, 4) is 0 Å². The van der Waals surface area contributed by atoms with Crippen LogP contribution in [0.15, 0.2) is 18.2 Å². The van der Waals surface area contributed by atoms with Crippen molar-refractivity contribution in [2.75, 3.05) is 18.4 Å². The van der Waals surface area contributed by atoms with E-state index in [4.69, 9.17) is 0 Å². The number of unbranched alkanes of at least 4 members (excludes halogenated alkanes) is 1. The van der Waals surface area contributed by atoms with E-state index < -0.39 is 4.92 Å². The van der Waals surface area contributed by atoms with Gasteiger partial charge in [-0.1, -0.05) is 41.4 Å². The highest BCUT2D eigenvalue weighted by Gasteiger charge is 2.25. The molecule has 5 nitrogen and oxygen atoms in total. The number of aryl methyl sites for hydroxylation is 1. The van der Waals surface area contributed by atoms with Gasteiger partial charge in [0.1, 0.15) is 5.56 Å². The van der Waals surface area contributed by atoms with Gasteiger partial charge in [0.25, 0.3) is 11.6 Å². The van der Waals surface area contributed by atoms with E-state index in [-0.39, 0.29) is 17.2 Å². The normalized spacial score (nSPS) is 10.3. The molecule has 0 N–H and O–H groups in total. The first-order valence-corrected chi connectivity index (χ1v) is 7.74. The molecule has 0 saturated heterocycles. The molecule has 0 aliphatic carbocycles. The van der Waals surface area contributed by atoms with Gasteiger partial charge in [0.2, 0.25) is 0 Å². The Hall–Kier alpha value is -1.43. The van der Waals surface area contributed by atoms with Crippen LogP contribution in [-0.4, -0.2) is 34.2 Å². The fourth-order valence-electron chi connectivity index (χ4n) is 2.01. The van der Waals surface area contributed by atoms with Crippen molar-refractivity contribution in [2.45, 2.75) is 26.7 Å². The van der Waals surface area contributed by atoms with E-state index in [2.05, 4.69) is 15.9 Å². The number of amides is 1. The Kier molecular flexibility index (Phi) is 6.64. The Bertz CT molecular complexity index is 491. The fraction of sp³-hybridized carbons (Fsp3) is 0.500. The number of carbonyl (C=O) groups is 1. The van der Waals surface area contributed by atoms with Crippen LogP contribution in [0.2, 0.25) is 0 Å². The number of para-hydroxylation sites is 1. The summed E-state index contributed by atoms with van der Waals surface area (Å²) in [6.45, 7) is 4.86. The Morgan fingerprint density at radius 2 is 2.10 bits per heavy atom. The van der Waals surface area contributed by atoms with Gasteiger partial charge in [-0.25, -0.2) is 0 Å². The number of alkyl halides is 1. The molecule has 0 radical (unpaired) electrons. The topological polar surface area (TPSA) is 63.5 Å². The third-order valence-corrected chi connectivity index (χ3v) is 3.43. The van der Waals surface area contributed by atoms with Crippen molar-refractivity contribution in [1.29, 1.82) is 0 Å². The molecule has 6 heteroatoms. The summed E-state index contributed by atoms with van der Waals surface area (Å²) in [6.07, 6.45) is 1.86. The van der Waals surface area contributed by atoms with Crippen molar-refractivity contribution in [3.63, 3.8) is 0 Å². The minimum atomic E-state index is -0.477. The van der Waals surface area contributed by atoms with E-state index in [1.165, 1.54) is 6.07 Å². The lowest BCUT2D eigenvalue weighted by molar-refractivity contribution is -0.385. The number of hydrogen-bond donors (Lipinski definition) is 0. The lowest BCUT2D eigenvalue weighted by Gasteiger charge is -2.21. The number of nitro benzene ring substituents is 1. The van der Waals surface area contributed by atoms with Crippen LogP contribution < -0.4 is 0 Å². The summed E-state index contributed by atoms with van der Waals surface area (Å²) < 4.78 is 0. The van der Waals surface area contributed by atoms with Crippen LogP contribution >= 0.6 is 15.9 Å². The number of nitro groups is 1. The zero-order valence-electron chi connectivity index (χ0n) is 11.8. The zero-order valence-corrected chi connectivity index (χ0v) is 13.4. The van der Waals surface area contributed by atoms with Crippen LogP contribution in [0, 0.1) is 17.0 Å². The first-order valence-electron chi connectivity index (χ1n) is 6.62. The van der Waals surface area contributed by atoms with Gasteiger partial charge >= 0.3 is 0 Å². The third-order valence-electron chi connectivity index (χ3n) is 3.07. The Labute approximate surface area is 127 Å². The molecule has 0 saturated carbocycles. The lowest BCUT2D eigenvalue weighted by atomic mass is 10.1. The Morgan fingerprint density at radius 1 is 1.40 bits per heavy atom. The number of halogens is 1. The molecule has 1 aromatic rings. The zero-order chi connectivity index (χ0) is 15.1. The largest absolute Gasteiger partial charge is 0.338 e. The van der Waals surface area contributed by atoms with Crippen LogP contribution in [0.4, 0.5) is 5.69 Å². The number of nitrogens with zero attached hydrogens (tertiary/aromatic N) is 2. The maximum absolute atomic E-state index is 12.5. The van der Waals surface area contributed by atoms with Crippen LogP contribution in [0.5, 0.6) is 0 Å². The Morgan fingerprint density at radius 3 is 2.65 bits per heavy atom. The third kappa shape index (κ3) is 4.03. The predicted molar refractivity (Wildman–Crippen MR) is 82.4 cm³/mol. The average Bonchev–Trinajstić information content (AvgIpc) is 2.42. The van der Waals surface area contributed by atoms with Crippen molar-refractivity contribution >= 4 is 27.5 Å². The van der Waals surface area contributed by atoms with Crippen LogP contribution in [0.1, 0.15) is 35.7 Å². The van der Waals surface area contributed by atoms with E-state index in [9.17, 15) is 14.9 Å². The molecule has 1 rings (SSSR count). The molecule has 1 aromatic carbocycles. The second-order valence-electron chi connectivity index (χ2n) is 4.56. The van der Waals surface area contributed by atoms with Gasteiger partial charge in [-0.15, -0.1) is 0 Å². The minimum Gasteiger partial charge on any atom is -0.338 e. The Balaban J connectivity index is 3.11. The predicted octanol–water partition coefficient (Wildman–Crippen LogP) is 3.54. The first-order chi connectivity index (χ1) is 9.52. The van der Waals surface area contributed by atoms with Crippen LogP contribution in [0.3, 0.4) is 0 Å². The van der Waals surface area contributed by atoms with E-state index >= 15 is 0 Å². The van der Waals surface area contributed by atoms with Crippen molar-refractivity contribution in [2.24, 2.45) is 0 Å². The van der Waals surface area contributed by atoms with Gasteiger partial charge in [-0.2, -0.15) is 0 Å². The van der Waals surface area contributed by atoms with Crippen LogP contribution in [0.25, 0.3) is 0 Å². The molecule has 0 aliphatic rings. The van der Waals surface area contributed by atoms with E-state index in [0.29, 0.717) is 24.0 Å². The van der Waals surface area contributed by atoms with Gasteiger partial charge < -0.3 is 4.90 Å². The van der Waals surface area contributed by atoms with E-state index in [1.54, 1.807) is 24.0 Å². The molecule has 20 heavy (non-hydrogen) atoms. The maximum atomic E-state index is 12.5. The summed E-state index contributed by atoms with van der Waals surface area (Å²) >= 11 is 3.32. The number of carbonyl (C=O) groups excluding carboxylic acids is 1. The number of benzene rings is 1. The molecule has 0 unspecified atom stereocenters. The molecule has 0 bridgehead atoms. The van der Waals surface area contributed by atoms with Crippen molar-refractivity contribution < 1.29 is 9.72 Å². The van der Waals surface area contributed by atoms with Gasteiger partial charge in [0.15, 0.2) is 0 Å². The summed E-state index contributed by atoms with van der Waals surface area (Å²) in [7, 11) is 0. The molecule has 110 valence electrons. The summed E-state index contributed by atoms with van der Waals surface area (Å²) in [6, 6.07) is 4.86. The molecule has 1 amide bonds. The minimum absolute atomic E-state index is 0.0893. The molecule has 0 spiro atoms. The molecular weight excluding hydrogens is 324 g/mol. The smallest absolute Gasteiger partial charge is 0.285 e. The summed E-state index contributed by atoms with van der Waals surface area (Å²) in [5.41, 5.74) is 0.593. The lowest BCUT2D eigenvalue weighted by Crippen LogP contribution is -2.34. The van der Waals surface area contributed by atoms with Crippen molar-refractivity contribution in [3.05, 3.63) is 39.4 Å². The standard InChI is InChI=1S/C14H19BrN2O3/c1-3-4-9-16(10-8-15)14(18)12-7-5-6-11(2)13(12)17(19)20/h5-7H,3-4,8-10H2,1-2H3. The first kappa shape index (κ1) is 16.6. The molecular formula is C14H19BrN2O3. The van der Waals surface area contributed by atoms with Gasteiger partial charge in [-0.05, 0) is 19.4 Å². The second-order valence-corrected chi connectivity index (χ2v) is 5.36. The quantitative estimate of drug-likeness (QED) is 0.432. The maximum Gasteiger partial charge on any atom is 0.285 e. The molecule has 0 aromatic heterocycles. The SMILES string of the molecule is CCCCN(CCBr)C(=O)c1cccc(C)c1[N+](=O)[O-]. The summed E-state index contributed by atoms with van der Waals surface area (Å²) in [4.78, 5) is 24.9. The fourth-order valence-corrected chi connectivity index (χ4v) is 2.44. The summed E-state index contributed by atoms with van der Waals surface area (Å²) in [5, 5.41) is 11.8. The number of hydrogen-bond acceptors (Lipinski definition) is 3. The molecule has 0 heterocycles. The van der Waals surface area contributed by atoms with Gasteiger partial charge in [0.05, 0.1) is 4.92 Å². The second kappa shape index (κ2) is 7.99. The monoisotopic (exact) mass is 342 g/mol. The molecule has 0 aliphatic heterocycles. The highest BCUT2D eigenvalue weighted by molar-refractivity contribution is 9.09. The molecule has 0 fully saturated rings. The average molecular weight is 343 g/mol. The van der Waals surface area contributed by atoms with Crippen molar-refractivity contribution in [1.82, 2.24) is 4.90 Å². The van der Waals surface area contributed by atoms with Gasteiger partial charge in [0, 0.05) is 24.0 Å². The highest BCUT2D eigenvalue weighted by Crippen LogP contribution is 2.24. The van der Waals surface area contributed by atoms with Gasteiger partial charge in [-0.3, -0.25) is 14.9 Å². The molecule has 0 atom stereocenters. The van der Waals surface area contributed by atoms with E-state index in [0.717, 1.165) is 12.8 Å². The summed E-state index contributed by atoms with van der Waals surface area (Å²) in [5.74, 6) is -0.270.